The lowest BCUT2D eigenvalue weighted by atomic mass is 9.74. The minimum absolute atomic E-state index is 0.231. The molecule has 0 saturated heterocycles. The van der Waals surface area contributed by atoms with Crippen molar-refractivity contribution in [3.63, 3.8) is 0 Å². The molecule has 0 aliphatic carbocycles. The van der Waals surface area contributed by atoms with E-state index in [4.69, 9.17) is 0 Å². The highest BCUT2D eigenvalue weighted by atomic mass is 16.3. The van der Waals surface area contributed by atoms with Crippen LogP contribution in [-0.2, 0) is 6.42 Å². The summed E-state index contributed by atoms with van der Waals surface area (Å²) in [6.45, 7) is 4.28. The molecule has 0 heterocycles. The minimum atomic E-state index is -1.17. The van der Waals surface area contributed by atoms with Crippen molar-refractivity contribution in [3.8, 4) is 0 Å². The highest BCUT2D eigenvalue weighted by Crippen LogP contribution is 2.39. The van der Waals surface area contributed by atoms with E-state index in [1.54, 1.807) is 0 Å². The maximum absolute atomic E-state index is 11.6. The Labute approximate surface area is 160 Å². The summed E-state index contributed by atoms with van der Waals surface area (Å²) in [5.74, 6) is -0.231. The minimum Gasteiger partial charge on any atom is -0.389 e. The van der Waals surface area contributed by atoms with Gasteiger partial charge in [0, 0.05) is 12.3 Å². The molecule has 0 amide bonds. The predicted molar refractivity (Wildman–Crippen MR) is 113 cm³/mol. The molecule has 1 nitrogen and oxygen atoms in total. The molecule has 0 bridgehead atoms. The van der Waals surface area contributed by atoms with E-state index >= 15 is 0 Å². The summed E-state index contributed by atoms with van der Waals surface area (Å²) >= 11 is 0. The molecule has 4 aromatic rings. The molecule has 0 spiro atoms. The van der Waals surface area contributed by atoms with Gasteiger partial charge in [0.25, 0.3) is 0 Å². The fraction of sp³-hybridized carbons (Fsp3) is 0.115. The van der Waals surface area contributed by atoms with Crippen molar-refractivity contribution >= 4 is 10.8 Å². The second kappa shape index (κ2) is 7.38. The first-order chi connectivity index (χ1) is 13.1. The average molecular weight is 351 g/mol. The van der Waals surface area contributed by atoms with Gasteiger partial charge < -0.3 is 5.11 Å². The first kappa shape index (κ1) is 17.5. The summed E-state index contributed by atoms with van der Waals surface area (Å²) in [6.07, 6.45) is 0.483. The van der Waals surface area contributed by atoms with Gasteiger partial charge in [-0.25, -0.2) is 0 Å². The lowest BCUT2D eigenvalue weighted by Gasteiger charge is -2.34. The van der Waals surface area contributed by atoms with E-state index in [0.29, 0.717) is 6.42 Å². The first-order valence-electron chi connectivity index (χ1n) is 9.29. The van der Waals surface area contributed by atoms with Crippen LogP contribution in [0.4, 0.5) is 0 Å². The lowest BCUT2D eigenvalue weighted by molar-refractivity contribution is 0.0710. The van der Waals surface area contributed by atoms with E-state index in [0.717, 1.165) is 22.1 Å². The van der Waals surface area contributed by atoms with Gasteiger partial charge in [0.2, 0.25) is 0 Å². The smallest absolute Gasteiger partial charge is 0.0797 e. The van der Waals surface area contributed by atoms with E-state index in [1.165, 1.54) is 5.39 Å². The fourth-order valence-corrected chi connectivity index (χ4v) is 3.98. The zero-order valence-electron chi connectivity index (χ0n) is 15.3. The molecule has 1 N–H and O–H groups in total. The molecule has 1 heteroatoms. The number of hydrogen-bond donors (Lipinski definition) is 1. The first-order valence-corrected chi connectivity index (χ1v) is 9.29. The maximum atomic E-state index is 11.6. The molecular formula is C26H23O. The molecule has 27 heavy (non-hydrogen) atoms. The SMILES string of the molecule is [CH2]C(O)(Cc1ccccc1)C(c1ccccc1)c1cccc2ccccc12. The number of rotatable bonds is 5. The van der Waals surface area contributed by atoms with Crippen LogP contribution in [0.15, 0.2) is 103 Å². The topological polar surface area (TPSA) is 20.2 Å². The Morgan fingerprint density at radius 1 is 0.704 bits per heavy atom. The van der Waals surface area contributed by atoms with Gasteiger partial charge in [-0.1, -0.05) is 103 Å². The van der Waals surface area contributed by atoms with Crippen molar-refractivity contribution in [2.24, 2.45) is 0 Å². The molecule has 1 radical (unpaired) electrons. The number of aliphatic hydroxyl groups is 1. The molecule has 2 unspecified atom stereocenters. The maximum Gasteiger partial charge on any atom is 0.0797 e. The third kappa shape index (κ3) is 3.65. The van der Waals surface area contributed by atoms with Crippen molar-refractivity contribution in [2.45, 2.75) is 17.9 Å². The molecule has 4 rings (SSSR count). The second-order valence-corrected chi connectivity index (χ2v) is 7.18. The van der Waals surface area contributed by atoms with Crippen molar-refractivity contribution in [1.82, 2.24) is 0 Å². The summed E-state index contributed by atoms with van der Waals surface area (Å²) in [4.78, 5) is 0. The molecule has 0 saturated carbocycles. The average Bonchev–Trinajstić information content (AvgIpc) is 2.69. The Bertz CT molecular complexity index is 1010. The lowest BCUT2D eigenvalue weighted by Crippen LogP contribution is -2.36. The quantitative estimate of drug-likeness (QED) is 0.483. The highest BCUT2D eigenvalue weighted by molar-refractivity contribution is 5.86. The molecule has 0 aliphatic heterocycles. The third-order valence-electron chi connectivity index (χ3n) is 5.16. The number of fused-ring (bicyclic) bond motifs is 1. The van der Waals surface area contributed by atoms with Gasteiger partial charge in [-0.15, -0.1) is 0 Å². The van der Waals surface area contributed by atoms with Crippen LogP contribution in [0.25, 0.3) is 10.8 Å². The van der Waals surface area contributed by atoms with E-state index in [9.17, 15) is 5.11 Å². The summed E-state index contributed by atoms with van der Waals surface area (Å²) < 4.78 is 0. The number of benzene rings is 4. The molecule has 133 valence electrons. The zero-order valence-corrected chi connectivity index (χ0v) is 15.3. The third-order valence-corrected chi connectivity index (χ3v) is 5.16. The van der Waals surface area contributed by atoms with Crippen LogP contribution in [0.5, 0.6) is 0 Å². The Kier molecular flexibility index (Phi) is 4.79. The van der Waals surface area contributed by atoms with E-state index in [-0.39, 0.29) is 5.92 Å². The Hall–Kier alpha value is -2.90. The van der Waals surface area contributed by atoms with Crippen LogP contribution >= 0.6 is 0 Å². The fourth-order valence-electron chi connectivity index (χ4n) is 3.98. The molecule has 0 fully saturated rings. The van der Waals surface area contributed by atoms with Crippen molar-refractivity contribution in [1.29, 1.82) is 0 Å². The van der Waals surface area contributed by atoms with Crippen LogP contribution in [0, 0.1) is 6.92 Å². The van der Waals surface area contributed by atoms with Gasteiger partial charge in [-0.2, -0.15) is 0 Å². The molecule has 0 aromatic heterocycles. The monoisotopic (exact) mass is 351 g/mol. The van der Waals surface area contributed by atoms with E-state index in [1.807, 2.05) is 60.7 Å². The summed E-state index contributed by atoms with van der Waals surface area (Å²) in [7, 11) is 0. The standard InChI is InChI=1S/C26H23O/c1-26(27,19-20-11-4-2-5-12-20)25(22-14-6-3-7-15-22)24-18-10-16-21-13-8-9-17-23(21)24/h2-18,25,27H,1,19H2. The second-order valence-electron chi connectivity index (χ2n) is 7.18. The summed E-state index contributed by atoms with van der Waals surface area (Å²) in [5.41, 5.74) is 2.08. The molecule has 0 aliphatic rings. The Morgan fingerprint density at radius 2 is 1.30 bits per heavy atom. The van der Waals surface area contributed by atoms with Crippen molar-refractivity contribution in [2.75, 3.05) is 0 Å². The predicted octanol–water partition coefficient (Wildman–Crippen LogP) is 5.78. The van der Waals surface area contributed by atoms with Gasteiger partial charge >= 0.3 is 0 Å². The Morgan fingerprint density at radius 3 is 2.04 bits per heavy atom. The van der Waals surface area contributed by atoms with Gasteiger partial charge in [-0.3, -0.25) is 0 Å². The van der Waals surface area contributed by atoms with Crippen LogP contribution in [0.1, 0.15) is 22.6 Å². The van der Waals surface area contributed by atoms with Crippen LogP contribution in [0.3, 0.4) is 0 Å². The van der Waals surface area contributed by atoms with Gasteiger partial charge in [0.05, 0.1) is 5.60 Å². The van der Waals surface area contributed by atoms with Crippen molar-refractivity contribution < 1.29 is 5.11 Å². The van der Waals surface area contributed by atoms with E-state index in [2.05, 4.69) is 49.4 Å². The normalized spacial score (nSPS) is 14.6. The van der Waals surface area contributed by atoms with Crippen molar-refractivity contribution in [3.05, 3.63) is 127 Å². The van der Waals surface area contributed by atoms with Gasteiger partial charge in [-0.05, 0) is 34.4 Å². The summed E-state index contributed by atoms with van der Waals surface area (Å²) in [6, 6.07) is 34.9. The molecule has 4 aromatic carbocycles. The van der Waals surface area contributed by atoms with Crippen LogP contribution in [-0.4, -0.2) is 10.7 Å². The van der Waals surface area contributed by atoms with Crippen LogP contribution in [0.2, 0.25) is 0 Å². The van der Waals surface area contributed by atoms with Gasteiger partial charge in [0.15, 0.2) is 0 Å². The van der Waals surface area contributed by atoms with Gasteiger partial charge in [0.1, 0.15) is 0 Å². The summed E-state index contributed by atoms with van der Waals surface area (Å²) in [5, 5.41) is 13.9. The molecule has 2 atom stereocenters. The largest absolute Gasteiger partial charge is 0.389 e. The van der Waals surface area contributed by atoms with Crippen LogP contribution < -0.4 is 0 Å². The zero-order chi connectivity index (χ0) is 18.7. The Balaban J connectivity index is 1.87. The molecular weight excluding hydrogens is 328 g/mol. The van der Waals surface area contributed by atoms with E-state index < -0.39 is 5.60 Å². The highest BCUT2D eigenvalue weighted by Gasteiger charge is 2.35. The number of hydrogen-bond acceptors (Lipinski definition) is 1.